The molecule has 0 saturated carbocycles. The first-order valence-electron chi connectivity index (χ1n) is 6.28. The summed E-state index contributed by atoms with van der Waals surface area (Å²) in [4.78, 5) is 22.1. The Labute approximate surface area is 128 Å². The topological polar surface area (TPSA) is 50.7 Å². The molecule has 0 bridgehead atoms. The van der Waals surface area contributed by atoms with Crippen molar-refractivity contribution >= 4 is 45.1 Å². The van der Waals surface area contributed by atoms with Gasteiger partial charge in [-0.3, -0.25) is 9.36 Å². The van der Waals surface area contributed by atoms with Crippen LogP contribution >= 0.6 is 34.9 Å². The van der Waals surface area contributed by atoms with E-state index in [4.69, 9.17) is 12.2 Å². The van der Waals surface area contributed by atoms with Gasteiger partial charge in [0.1, 0.15) is 9.84 Å². The molecule has 3 aromatic rings. The lowest BCUT2D eigenvalue weighted by molar-refractivity contribution is 0.597. The summed E-state index contributed by atoms with van der Waals surface area (Å²) in [5.41, 5.74) is -0.0502. The summed E-state index contributed by atoms with van der Waals surface area (Å²) in [7, 11) is 0. The zero-order chi connectivity index (χ0) is 14.3. The number of fused-ring (bicyclic) bond motifs is 1. The molecular formula is C13H13N3OS3. The number of nitrogens with zero attached hydrogens (tertiary/aromatic N) is 2. The first-order valence-corrected chi connectivity index (χ1v) is 8.39. The van der Waals surface area contributed by atoms with Crippen LogP contribution in [0.15, 0.2) is 22.4 Å². The summed E-state index contributed by atoms with van der Waals surface area (Å²) in [6.07, 6.45) is 2.83. The largest absolute Gasteiger partial charge is 0.323 e. The molecule has 0 radical (unpaired) electrons. The van der Waals surface area contributed by atoms with Gasteiger partial charge in [-0.15, -0.1) is 22.7 Å². The molecular weight excluding hydrogens is 310 g/mol. The SMILES string of the molecule is CCc1cnc(C(C)n2c(=S)[nH]c3sccc3c2=O)s1. The van der Waals surface area contributed by atoms with Crippen LogP contribution in [0.5, 0.6) is 0 Å². The Hall–Kier alpha value is -1.31. The van der Waals surface area contributed by atoms with Gasteiger partial charge in [0.05, 0.1) is 11.4 Å². The Morgan fingerprint density at radius 2 is 2.35 bits per heavy atom. The average molecular weight is 323 g/mol. The number of rotatable bonds is 3. The van der Waals surface area contributed by atoms with Gasteiger partial charge in [-0.25, -0.2) is 4.98 Å². The Morgan fingerprint density at radius 3 is 3.05 bits per heavy atom. The molecule has 1 atom stereocenters. The second-order valence-electron chi connectivity index (χ2n) is 4.46. The van der Waals surface area contributed by atoms with Gasteiger partial charge in [0, 0.05) is 11.1 Å². The third-order valence-electron chi connectivity index (χ3n) is 3.22. The summed E-state index contributed by atoms with van der Waals surface area (Å²) in [6.45, 7) is 4.05. The van der Waals surface area contributed by atoms with E-state index in [2.05, 4.69) is 16.9 Å². The van der Waals surface area contributed by atoms with E-state index in [1.54, 1.807) is 15.9 Å². The van der Waals surface area contributed by atoms with E-state index < -0.39 is 0 Å². The van der Waals surface area contributed by atoms with Gasteiger partial charge in [-0.2, -0.15) is 0 Å². The maximum absolute atomic E-state index is 12.6. The third kappa shape index (κ3) is 2.15. The van der Waals surface area contributed by atoms with Gasteiger partial charge >= 0.3 is 0 Å². The van der Waals surface area contributed by atoms with Crippen molar-refractivity contribution in [1.82, 2.24) is 14.5 Å². The van der Waals surface area contributed by atoms with E-state index in [0.717, 1.165) is 16.3 Å². The van der Waals surface area contributed by atoms with Crippen LogP contribution < -0.4 is 5.56 Å². The predicted octanol–water partition coefficient (Wildman–Crippen LogP) is 3.75. The molecule has 0 spiro atoms. The molecule has 0 aliphatic heterocycles. The van der Waals surface area contributed by atoms with Crippen LogP contribution in [0, 0.1) is 4.77 Å². The molecule has 4 nitrogen and oxygen atoms in total. The van der Waals surface area contributed by atoms with E-state index in [9.17, 15) is 4.79 Å². The van der Waals surface area contributed by atoms with Crippen LogP contribution in [0.1, 0.15) is 29.8 Å². The van der Waals surface area contributed by atoms with Gasteiger partial charge in [-0.05, 0) is 37.0 Å². The predicted molar refractivity (Wildman–Crippen MR) is 86.6 cm³/mol. The van der Waals surface area contributed by atoms with Crippen molar-refractivity contribution in [2.24, 2.45) is 0 Å². The van der Waals surface area contributed by atoms with Crippen LogP contribution in [0.2, 0.25) is 0 Å². The lowest BCUT2D eigenvalue weighted by Gasteiger charge is -2.12. The molecule has 104 valence electrons. The Balaban J connectivity index is 2.18. The number of hydrogen-bond acceptors (Lipinski definition) is 5. The van der Waals surface area contributed by atoms with Crippen molar-refractivity contribution in [1.29, 1.82) is 0 Å². The van der Waals surface area contributed by atoms with Crippen LogP contribution in [-0.4, -0.2) is 14.5 Å². The van der Waals surface area contributed by atoms with Crippen LogP contribution in [0.3, 0.4) is 0 Å². The molecule has 1 N–H and O–H groups in total. The van der Waals surface area contributed by atoms with Gasteiger partial charge in [-0.1, -0.05) is 6.92 Å². The minimum Gasteiger partial charge on any atom is -0.323 e. The molecule has 1 unspecified atom stereocenters. The number of hydrogen-bond donors (Lipinski definition) is 1. The van der Waals surface area contributed by atoms with Crippen molar-refractivity contribution in [3.8, 4) is 0 Å². The monoisotopic (exact) mass is 323 g/mol. The fraction of sp³-hybridized carbons (Fsp3) is 0.308. The highest BCUT2D eigenvalue weighted by molar-refractivity contribution is 7.71. The normalized spacial score (nSPS) is 12.9. The van der Waals surface area contributed by atoms with E-state index in [1.165, 1.54) is 16.2 Å². The number of thiophene rings is 1. The van der Waals surface area contributed by atoms with Crippen molar-refractivity contribution in [3.05, 3.63) is 42.7 Å². The lowest BCUT2D eigenvalue weighted by atomic mass is 10.3. The van der Waals surface area contributed by atoms with Gasteiger partial charge in [0.25, 0.3) is 5.56 Å². The zero-order valence-corrected chi connectivity index (χ0v) is 13.5. The third-order valence-corrected chi connectivity index (χ3v) is 5.66. The standard InChI is InChI=1S/C13H13N3OS3/c1-3-8-6-14-10(20-8)7(2)16-12(17)9-4-5-19-11(9)15-13(16)18/h4-7H,3H2,1-2H3,(H,15,18). The molecule has 0 fully saturated rings. The van der Waals surface area contributed by atoms with E-state index >= 15 is 0 Å². The summed E-state index contributed by atoms with van der Waals surface area (Å²) in [5.74, 6) is 0. The minimum absolute atomic E-state index is 0.0502. The van der Waals surface area contributed by atoms with Gasteiger partial charge < -0.3 is 4.98 Å². The summed E-state index contributed by atoms with van der Waals surface area (Å²) in [6, 6.07) is 1.68. The van der Waals surface area contributed by atoms with Crippen molar-refractivity contribution < 1.29 is 0 Å². The van der Waals surface area contributed by atoms with Crippen LogP contribution in [0.4, 0.5) is 0 Å². The summed E-state index contributed by atoms with van der Waals surface area (Å²) in [5, 5.41) is 3.49. The molecule has 3 heterocycles. The van der Waals surface area contributed by atoms with Crippen LogP contribution in [0.25, 0.3) is 10.2 Å². The number of H-pyrrole nitrogens is 1. The molecule has 3 aromatic heterocycles. The number of aromatic nitrogens is 3. The number of aromatic amines is 1. The highest BCUT2D eigenvalue weighted by atomic mass is 32.1. The Kier molecular flexibility index (Phi) is 3.57. The molecule has 0 saturated heterocycles. The van der Waals surface area contributed by atoms with Gasteiger partial charge in [0.2, 0.25) is 0 Å². The minimum atomic E-state index is -0.152. The maximum atomic E-state index is 12.6. The zero-order valence-electron chi connectivity index (χ0n) is 11.0. The number of nitrogens with one attached hydrogen (secondary N) is 1. The first-order chi connectivity index (χ1) is 9.61. The number of thiazole rings is 1. The lowest BCUT2D eigenvalue weighted by Crippen LogP contribution is -2.25. The number of aryl methyl sites for hydroxylation is 1. The Bertz CT molecular complexity index is 871. The van der Waals surface area contributed by atoms with Crippen LogP contribution in [-0.2, 0) is 6.42 Å². The highest BCUT2D eigenvalue weighted by Gasteiger charge is 2.17. The maximum Gasteiger partial charge on any atom is 0.263 e. The molecule has 0 aliphatic rings. The average Bonchev–Trinajstić information content (AvgIpc) is 3.06. The molecule has 7 heteroatoms. The molecule has 3 rings (SSSR count). The molecule has 0 aliphatic carbocycles. The fourth-order valence-corrected chi connectivity index (χ4v) is 4.18. The van der Waals surface area contributed by atoms with E-state index in [0.29, 0.717) is 10.2 Å². The second-order valence-corrected chi connectivity index (χ2v) is 6.91. The fourth-order valence-electron chi connectivity index (χ4n) is 2.10. The Morgan fingerprint density at radius 1 is 1.55 bits per heavy atom. The molecule has 20 heavy (non-hydrogen) atoms. The highest BCUT2D eigenvalue weighted by Crippen LogP contribution is 2.24. The molecule has 0 aromatic carbocycles. The smallest absolute Gasteiger partial charge is 0.263 e. The first kappa shape index (κ1) is 13.7. The summed E-state index contributed by atoms with van der Waals surface area (Å²) >= 11 is 8.46. The quantitative estimate of drug-likeness (QED) is 0.747. The van der Waals surface area contributed by atoms with Crippen molar-refractivity contribution in [2.75, 3.05) is 0 Å². The van der Waals surface area contributed by atoms with Crippen molar-refractivity contribution in [2.45, 2.75) is 26.3 Å². The summed E-state index contributed by atoms with van der Waals surface area (Å²) < 4.78 is 2.06. The van der Waals surface area contributed by atoms with Crippen molar-refractivity contribution in [3.63, 3.8) is 0 Å². The van der Waals surface area contributed by atoms with Gasteiger partial charge in [0.15, 0.2) is 4.77 Å². The second kappa shape index (κ2) is 5.23. The molecule has 0 amide bonds. The van der Waals surface area contributed by atoms with E-state index in [-0.39, 0.29) is 11.6 Å². The van der Waals surface area contributed by atoms with E-state index in [1.807, 2.05) is 24.6 Å².